The van der Waals surface area contributed by atoms with Gasteiger partial charge in [0.15, 0.2) is 5.82 Å². The van der Waals surface area contributed by atoms with Crippen molar-refractivity contribution in [3.63, 3.8) is 0 Å². The number of carbonyl (C=O) groups excluding carboxylic acids is 1. The van der Waals surface area contributed by atoms with Gasteiger partial charge < -0.3 is 5.32 Å². The van der Waals surface area contributed by atoms with E-state index < -0.39 is 0 Å². The largest absolute Gasteiger partial charge is 0.325 e. The van der Waals surface area contributed by atoms with Gasteiger partial charge in [0.2, 0.25) is 11.1 Å². The number of hydrogen-bond acceptors (Lipinski definition) is 4. The molecule has 1 aromatic carbocycles. The summed E-state index contributed by atoms with van der Waals surface area (Å²) in [5.41, 5.74) is 3.10. The van der Waals surface area contributed by atoms with E-state index in [1.54, 1.807) is 0 Å². The number of anilines is 1. The number of nitrogens with one attached hydrogen (secondary N) is 1. The maximum Gasteiger partial charge on any atom is 0.234 e. The van der Waals surface area contributed by atoms with Gasteiger partial charge in [0.1, 0.15) is 0 Å². The van der Waals surface area contributed by atoms with Crippen LogP contribution in [0.5, 0.6) is 0 Å². The second-order valence-electron chi connectivity index (χ2n) is 5.71. The molecule has 0 saturated carbocycles. The molecule has 1 amide bonds. The first-order chi connectivity index (χ1) is 12.1. The Kier molecular flexibility index (Phi) is 5.23. The maximum atomic E-state index is 12.3. The zero-order valence-electron chi connectivity index (χ0n) is 14.6. The smallest absolute Gasteiger partial charge is 0.234 e. The third-order valence-electron chi connectivity index (χ3n) is 4.02. The van der Waals surface area contributed by atoms with Gasteiger partial charge in [-0.3, -0.25) is 9.47 Å². The van der Waals surface area contributed by atoms with E-state index in [4.69, 9.17) is 0 Å². The molecule has 7 heteroatoms. The molecule has 1 N–H and O–H groups in total. The van der Waals surface area contributed by atoms with E-state index in [1.165, 1.54) is 11.8 Å². The van der Waals surface area contributed by atoms with Crippen LogP contribution in [-0.2, 0) is 11.2 Å². The highest BCUT2D eigenvalue weighted by Gasteiger charge is 2.14. The lowest BCUT2D eigenvalue weighted by Gasteiger charge is -2.11. The molecule has 6 nitrogen and oxygen atoms in total. The van der Waals surface area contributed by atoms with Crippen molar-refractivity contribution >= 4 is 23.4 Å². The Labute approximate surface area is 151 Å². The molecule has 0 aliphatic carbocycles. The Balaban J connectivity index is 1.71. The first kappa shape index (κ1) is 17.3. The summed E-state index contributed by atoms with van der Waals surface area (Å²) in [6.07, 6.45) is 4.63. The van der Waals surface area contributed by atoms with Crippen molar-refractivity contribution in [2.45, 2.75) is 32.3 Å². The molecule has 3 rings (SSSR count). The second-order valence-corrected chi connectivity index (χ2v) is 6.65. The number of thioether (sulfide) groups is 1. The van der Waals surface area contributed by atoms with E-state index in [0.717, 1.165) is 29.1 Å². The summed E-state index contributed by atoms with van der Waals surface area (Å²) in [5, 5.41) is 12.1. The van der Waals surface area contributed by atoms with Crippen LogP contribution in [0.4, 0.5) is 5.69 Å². The summed E-state index contributed by atoms with van der Waals surface area (Å²) < 4.78 is 3.85. The zero-order valence-corrected chi connectivity index (χ0v) is 15.4. The number of carbonyl (C=O) groups is 1. The lowest BCUT2D eigenvalue weighted by atomic mass is 10.1. The zero-order chi connectivity index (χ0) is 17.8. The van der Waals surface area contributed by atoms with Gasteiger partial charge in [-0.25, -0.2) is 4.68 Å². The number of rotatable bonds is 6. The molecule has 0 bridgehead atoms. The van der Waals surface area contributed by atoms with Crippen molar-refractivity contribution in [3.05, 3.63) is 59.7 Å². The topological polar surface area (TPSA) is 64.7 Å². The van der Waals surface area contributed by atoms with Crippen molar-refractivity contribution in [1.29, 1.82) is 0 Å². The monoisotopic (exact) mass is 355 g/mol. The molecule has 2 heterocycles. The van der Waals surface area contributed by atoms with Crippen LogP contribution in [0.1, 0.15) is 23.9 Å². The fourth-order valence-corrected chi connectivity index (χ4v) is 3.25. The minimum absolute atomic E-state index is 0.0567. The molecule has 130 valence electrons. The van der Waals surface area contributed by atoms with E-state index in [9.17, 15) is 4.79 Å². The summed E-state index contributed by atoms with van der Waals surface area (Å²) in [5.74, 6) is 1.07. The normalized spacial score (nSPS) is 10.8. The van der Waals surface area contributed by atoms with Gasteiger partial charge >= 0.3 is 0 Å². The van der Waals surface area contributed by atoms with E-state index in [0.29, 0.717) is 5.16 Å². The standard InChI is InChI=1S/C18H21N5OS/c1-4-16-20-21-18(23(16)22-10-5-6-11-22)25-12-17(24)19-15-9-7-8-13(2)14(15)3/h5-11H,4,12H2,1-3H3,(H,19,24). The molecule has 0 saturated heterocycles. The average Bonchev–Trinajstić information content (AvgIpc) is 3.25. The minimum Gasteiger partial charge on any atom is -0.325 e. The summed E-state index contributed by atoms with van der Waals surface area (Å²) >= 11 is 1.38. The quantitative estimate of drug-likeness (QED) is 0.689. The lowest BCUT2D eigenvalue weighted by molar-refractivity contribution is -0.113. The Bertz CT molecular complexity index is 870. The first-order valence-electron chi connectivity index (χ1n) is 8.17. The summed E-state index contributed by atoms with van der Waals surface area (Å²) in [4.78, 5) is 12.3. The number of amides is 1. The molecule has 2 aromatic heterocycles. The third kappa shape index (κ3) is 3.76. The summed E-state index contributed by atoms with van der Waals surface area (Å²) in [6.45, 7) is 6.07. The molecule has 0 unspecified atom stereocenters. The summed E-state index contributed by atoms with van der Waals surface area (Å²) in [6, 6.07) is 9.79. The minimum atomic E-state index is -0.0567. The van der Waals surface area contributed by atoms with Gasteiger partial charge in [-0.15, -0.1) is 10.2 Å². The molecule has 0 radical (unpaired) electrons. The fourth-order valence-electron chi connectivity index (χ4n) is 2.50. The van der Waals surface area contributed by atoms with Gasteiger partial charge in [-0.05, 0) is 43.2 Å². The van der Waals surface area contributed by atoms with Crippen LogP contribution in [-0.4, -0.2) is 31.2 Å². The van der Waals surface area contributed by atoms with Crippen LogP contribution >= 0.6 is 11.8 Å². The molecule has 0 aliphatic heterocycles. The van der Waals surface area contributed by atoms with Crippen molar-refractivity contribution in [1.82, 2.24) is 19.5 Å². The van der Waals surface area contributed by atoms with Crippen molar-refractivity contribution in [3.8, 4) is 0 Å². The van der Waals surface area contributed by atoms with Gasteiger partial charge in [0.05, 0.1) is 5.75 Å². The van der Waals surface area contributed by atoms with Crippen LogP contribution < -0.4 is 5.32 Å². The van der Waals surface area contributed by atoms with E-state index >= 15 is 0 Å². The van der Waals surface area contributed by atoms with Crippen LogP contribution in [0.2, 0.25) is 0 Å². The van der Waals surface area contributed by atoms with Crippen molar-refractivity contribution in [2.24, 2.45) is 0 Å². The van der Waals surface area contributed by atoms with Crippen LogP contribution in [0, 0.1) is 13.8 Å². The second kappa shape index (κ2) is 7.57. The highest BCUT2D eigenvalue weighted by atomic mass is 32.2. The molecule has 0 spiro atoms. The Morgan fingerprint density at radius 2 is 1.92 bits per heavy atom. The van der Waals surface area contributed by atoms with E-state index in [1.807, 2.05) is 72.8 Å². The van der Waals surface area contributed by atoms with Crippen LogP contribution in [0.3, 0.4) is 0 Å². The van der Waals surface area contributed by atoms with Gasteiger partial charge in [0, 0.05) is 24.5 Å². The Morgan fingerprint density at radius 1 is 1.16 bits per heavy atom. The van der Waals surface area contributed by atoms with Gasteiger partial charge in [-0.1, -0.05) is 30.8 Å². The lowest BCUT2D eigenvalue weighted by Crippen LogP contribution is -2.17. The molecular formula is C18H21N5OS. The first-order valence-corrected chi connectivity index (χ1v) is 9.15. The SMILES string of the molecule is CCc1nnc(SCC(=O)Nc2cccc(C)c2C)n1-n1cccc1. The summed E-state index contributed by atoms with van der Waals surface area (Å²) in [7, 11) is 0. The predicted octanol–water partition coefficient (Wildman–Crippen LogP) is 3.30. The van der Waals surface area contributed by atoms with E-state index in [2.05, 4.69) is 15.5 Å². The number of benzene rings is 1. The number of aryl methyl sites for hydroxylation is 2. The third-order valence-corrected chi connectivity index (χ3v) is 4.94. The number of nitrogens with zero attached hydrogens (tertiary/aromatic N) is 4. The number of hydrogen-bond donors (Lipinski definition) is 1. The maximum absolute atomic E-state index is 12.3. The highest BCUT2D eigenvalue weighted by Crippen LogP contribution is 2.21. The molecule has 3 aromatic rings. The molecule has 0 atom stereocenters. The van der Waals surface area contributed by atoms with E-state index in [-0.39, 0.29) is 11.7 Å². The van der Waals surface area contributed by atoms with Crippen molar-refractivity contribution in [2.75, 3.05) is 11.1 Å². The predicted molar refractivity (Wildman–Crippen MR) is 99.9 cm³/mol. The molecular weight excluding hydrogens is 334 g/mol. The van der Waals surface area contributed by atoms with Crippen molar-refractivity contribution < 1.29 is 4.79 Å². The molecule has 0 aliphatic rings. The fraction of sp³-hybridized carbons (Fsp3) is 0.278. The average molecular weight is 355 g/mol. The Morgan fingerprint density at radius 3 is 2.64 bits per heavy atom. The highest BCUT2D eigenvalue weighted by molar-refractivity contribution is 7.99. The van der Waals surface area contributed by atoms with Gasteiger partial charge in [0.25, 0.3) is 0 Å². The molecule has 25 heavy (non-hydrogen) atoms. The van der Waals surface area contributed by atoms with Crippen LogP contribution in [0.25, 0.3) is 0 Å². The Hall–Kier alpha value is -2.54. The molecule has 0 fully saturated rings. The number of aromatic nitrogens is 4. The van der Waals surface area contributed by atoms with Gasteiger partial charge in [-0.2, -0.15) is 0 Å². The van der Waals surface area contributed by atoms with Crippen LogP contribution in [0.15, 0.2) is 47.9 Å².